The molecule has 0 bridgehead atoms. The summed E-state index contributed by atoms with van der Waals surface area (Å²) in [6.45, 7) is 3.09. The van der Waals surface area contributed by atoms with E-state index in [-0.39, 0.29) is 0 Å². The zero-order valence-corrected chi connectivity index (χ0v) is 11.9. The number of hydrogen-bond donors (Lipinski definition) is 0. The third-order valence-corrected chi connectivity index (χ3v) is 3.75. The molecule has 3 rings (SSSR count). The van der Waals surface area contributed by atoms with Crippen LogP contribution in [0.2, 0.25) is 0 Å². The monoisotopic (exact) mass is 309 g/mol. The van der Waals surface area contributed by atoms with E-state index < -0.39 is 0 Å². The fraction of sp³-hybridized carbons (Fsp3) is 0.500. The van der Waals surface area contributed by atoms with E-state index in [9.17, 15) is 0 Å². The Morgan fingerprint density at radius 1 is 1.44 bits per heavy atom. The van der Waals surface area contributed by atoms with Gasteiger partial charge in [0.05, 0.1) is 28.7 Å². The van der Waals surface area contributed by atoms with Crippen LogP contribution in [-0.4, -0.2) is 37.3 Å². The van der Waals surface area contributed by atoms with Gasteiger partial charge in [0, 0.05) is 39.1 Å². The van der Waals surface area contributed by atoms with Crippen molar-refractivity contribution in [1.82, 2.24) is 24.2 Å². The van der Waals surface area contributed by atoms with Crippen LogP contribution in [0.1, 0.15) is 18.2 Å². The third kappa shape index (κ3) is 2.49. The number of nitrogens with zero attached hydrogens (tertiary/aromatic N) is 5. The first-order valence-electron chi connectivity index (χ1n) is 6.09. The zero-order valence-electron chi connectivity index (χ0n) is 10.3. The summed E-state index contributed by atoms with van der Waals surface area (Å²) in [6.07, 6.45) is 8.99. The van der Waals surface area contributed by atoms with E-state index in [1.165, 1.54) is 0 Å². The van der Waals surface area contributed by atoms with Gasteiger partial charge in [-0.2, -0.15) is 5.10 Å². The molecule has 96 valence electrons. The molecule has 2 aromatic rings. The Morgan fingerprint density at radius 3 is 3.00 bits per heavy atom. The molecule has 0 amide bonds. The average Bonchev–Trinajstić information content (AvgIpc) is 3.01. The van der Waals surface area contributed by atoms with Gasteiger partial charge in [-0.1, -0.05) is 0 Å². The van der Waals surface area contributed by atoms with Crippen molar-refractivity contribution in [3.63, 3.8) is 0 Å². The lowest BCUT2D eigenvalue weighted by Crippen LogP contribution is -2.21. The van der Waals surface area contributed by atoms with Crippen molar-refractivity contribution >= 4 is 15.9 Å². The van der Waals surface area contributed by atoms with Gasteiger partial charge in [0.25, 0.3) is 0 Å². The predicted octanol–water partition coefficient (Wildman–Crippen LogP) is 1.83. The van der Waals surface area contributed by atoms with Crippen LogP contribution in [0.3, 0.4) is 0 Å². The summed E-state index contributed by atoms with van der Waals surface area (Å²) in [5.41, 5.74) is 1.14. The lowest BCUT2D eigenvalue weighted by molar-refractivity contribution is 0.308. The van der Waals surface area contributed by atoms with E-state index in [0.717, 1.165) is 36.2 Å². The quantitative estimate of drug-likeness (QED) is 0.868. The van der Waals surface area contributed by atoms with Gasteiger partial charge in [-0.05, 0) is 22.4 Å². The molecule has 1 atom stereocenters. The van der Waals surface area contributed by atoms with E-state index in [1.807, 2.05) is 24.1 Å². The molecule has 5 nitrogen and oxygen atoms in total. The van der Waals surface area contributed by atoms with Crippen LogP contribution in [-0.2, 0) is 13.6 Å². The van der Waals surface area contributed by atoms with Gasteiger partial charge in [0.15, 0.2) is 0 Å². The smallest absolute Gasteiger partial charge is 0.0947 e. The van der Waals surface area contributed by atoms with Gasteiger partial charge in [0.1, 0.15) is 0 Å². The highest BCUT2D eigenvalue weighted by atomic mass is 79.9. The summed E-state index contributed by atoms with van der Waals surface area (Å²) >= 11 is 3.44. The minimum Gasteiger partial charge on any atom is -0.340 e. The first kappa shape index (κ1) is 11.9. The fourth-order valence-corrected chi connectivity index (χ4v) is 2.77. The highest BCUT2D eigenvalue weighted by Gasteiger charge is 2.24. The number of aromatic nitrogens is 4. The standard InChI is InChI=1S/C12H16BrN5/c1-16-6-11(14-9-16)7-17-3-2-12(8-17)18-5-10(13)4-15-18/h4-6,9,12H,2-3,7-8H2,1H3. The average molecular weight is 310 g/mol. The summed E-state index contributed by atoms with van der Waals surface area (Å²) < 4.78 is 5.10. The Hall–Kier alpha value is -1.14. The maximum atomic E-state index is 4.37. The Balaban J connectivity index is 1.61. The molecule has 0 aliphatic carbocycles. The second-order valence-corrected chi connectivity index (χ2v) is 5.76. The van der Waals surface area contributed by atoms with Crippen molar-refractivity contribution in [3.05, 3.63) is 35.1 Å². The minimum atomic E-state index is 0.486. The molecule has 1 saturated heterocycles. The second-order valence-electron chi connectivity index (χ2n) is 4.85. The van der Waals surface area contributed by atoms with E-state index >= 15 is 0 Å². The van der Waals surface area contributed by atoms with Gasteiger partial charge in [0.2, 0.25) is 0 Å². The van der Waals surface area contributed by atoms with Crippen LogP contribution in [0, 0.1) is 0 Å². The zero-order chi connectivity index (χ0) is 12.5. The summed E-state index contributed by atoms with van der Waals surface area (Å²) in [5, 5.41) is 4.37. The molecule has 6 heteroatoms. The molecular formula is C12H16BrN5. The van der Waals surface area contributed by atoms with E-state index in [1.54, 1.807) is 0 Å². The maximum absolute atomic E-state index is 4.37. The third-order valence-electron chi connectivity index (χ3n) is 3.34. The van der Waals surface area contributed by atoms with Crippen LogP contribution in [0.4, 0.5) is 0 Å². The molecule has 0 radical (unpaired) electrons. The van der Waals surface area contributed by atoms with Gasteiger partial charge in [-0.25, -0.2) is 4.98 Å². The van der Waals surface area contributed by atoms with Crippen LogP contribution < -0.4 is 0 Å². The Morgan fingerprint density at radius 2 is 2.33 bits per heavy atom. The molecular weight excluding hydrogens is 294 g/mol. The van der Waals surface area contributed by atoms with E-state index in [0.29, 0.717) is 6.04 Å². The normalized spacial score (nSPS) is 20.7. The fourth-order valence-electron chi connectivity index (χ4n) is 2.46. The lowest BCUT2D eigenvalue weighted by atomic mass is 10.3. The lowest BCUT2D eigenvalue weighted by Gasteiger charge is -2.14. The predicted molar refractivity (Wildman–Crippen MR) is 72.1 cm³/mol. The van der Waals surface area contributed by atoms with E-state index in [2.05, 4.69) is 48.0 Å². The molecule has 1 fully saturated rings. The number of imidazole rings is 1. The summed E-state index contributed by atoms with van der Waals surface area (Å²) in [5.74, 6) is 0. The molecule has 2 aromatic heterocycles. The van der Waals surface area contributed by atoms with Crippen LogP contribution in [0.15, 0.2) is 29.4 Å². The first-order chi connectivity index (χ1) is 8.70. The molecule has 3 heterocycles. The van der Waals surface area contributed by atoms with Gasteiger partial charge >= 0.3 is 0 Å². The van der Waals surface area contributed by atoms with Crippen LogP contribution >= 0.6 is 15.9 Å². The topological polar surface area (TPSA) is 38.9 Å². The van der Waals surface area contributed by atoms with Crippen LogP contribution in [0.25, 0.3) is 0 Å². The van der Waals surface area contributed by atoms with Crippen molar-refractivity contribution in [1.29, 1.82) is 0 Å². The maximum Gasteiger partial charge on any atom is 0.0947 e. The highest BCUT2D eigenvalue weighted by molar-refractivity contribution is 9.10. The summed E-state index contributed by atoms with van der Waals surface area (Å²) in [6, 6.07) is 0.486. The number of aryl methyl sites for hydroxylation is 1. The molecule has 0 aromatic carbocycles. The summed E-state index contributed by atoms with van der Waals surface area (Å²) in [4.78, 5) is 6.81. The number of halogens is 1. The van der Waals surface area contributed by atoms with Crippen molar-refractivity contribution in [2.24, 2.45) is 7.05 Å². The van der Waals surface area contributed by atoms with Crippen molar-refractivity contribution < 1.29 is 0 Å². The minimum absolute atomic E-state index is 0.486. The second kappa shape index (κ2) is 4.85. The largest absolute Gasteiger partial charge is 0.340 e. The molecule has 1 unspecified atom stereocenters. The molecule has 1 aliphatic rings. The van der Waals surface area contributed by atoms with Crippen molar-refractivity contribution in [2.75, 3.05) is 13.1 Å². The highest BCUT2D eigenvalue weighted by Crippen LogP contribution is 2.23. The SMILES string of the molecule is Cn1cnc(CN2CCC(n3cc(Br)cn3)C2)c1. The van der Waals surface area contributed by atoms with Gasteiger partial charge in [-0.3, -0.25) is 9.58 Å². The van der Waals surface area contributed by atoms with Crippen molar-refractivity contribution in [3.8, 4) is 0 Å². The molecule has 18 heavy (non-hydrogen) atoms. The molecule has 0 N–H and O–H groups in total. The van der Waals surface area contributed by atoms with Crippen molar-refractivity contribution in [2.45, 2.75) is 19.0 Å². The number of likely N-dealkylation sites (tertiary alicyclic amines) is 1. The molecule has 0 spiro atoms. The number of hydrogen-bond acceptors (Lipinski definition) is 3. The first-order valence-corrected chi connectivity index (χ1v) is 6.89. The number of rotatable bonds is 3. The summed E-state index contributed by atoms with van der Waals surface area (Å²) in [7, 11) is 2.00. The molecule has 1 aliphatic heterocycles. The van der Waals surface area contributed by atoms with Crippen LogP contribution in [0.5, 0.6) is 0 Å². The van der Waals surface area contributed by atoms with Gasteiger partial charge < -0.3 is 4.57 Å². The Labute approximate surface area is 115 Å². The van der Waals surface area contributed by atoms with E-state index in [4.69, 9.17) is 0 Å². The molecule has 0 saturated carbocycles. The Bertz CT molecular complexity index is 532. The van der Waals surface area contributed by atoms with Gasteiger partial charge in [-0.15, -0.1) is 0 Å². The Kier molecular flexibility index (Phi) is 3.22.